The Labute approximate surface area is 262 Å². The molecule has 44 heavy (non-hydrogen) atoms. The van der Waals surface area contributed by atoms with E-state index in [-0.39, 0.29) is 118 Å². The minimum atomic E-state index is -0.402. The number of rotatable bonds is 34. The van der Waals surface area contributed by atoms with Crippen LogP contribution in [0.4, 0.5) is 0 Å². The number of aliphatic hydroxyl groups is 8. The van der Waals surface area contributed by atoms with Gasteiger partial charge in [0.15, 0.2) is 0 Å². The summed E-state index contributed by atoms with van der Waals surface area (Å²) in [5.41, 5.74) is 0. The Morgan fingerprint density at radius 1 is 0.432 bits per heavy atom. The molecule has 0 aliphatic carbocycles. The van der Waals surface area contributed by atoms with E-state index in [9.17, 15) is 45.6 Å². The lowest BCUT2D eigenvalue weighted by atomic mass is 10.1. The molecule has 0 spiro atoms. The molecular formula is C30H61NO13. The Morgan fingerprint density at radius 2 is 0.727 bits per heavy atom. The van der Waals surface area contributed by atoms with E-state index in [0.29, 0.717) is 26.1 Å². The molecule has 0 heterocycles. The highest BCUT2D eigenvalue weighted by atomic mass is 16.5. The van der Waals surface area contributed by atoms with E-state index in [1.54, 1.807) is 0 Å². The largest absolute Gasteiger partial charge is 0.396 e. The van der Waals surface area contributed by atoms with Crippen molar-refractivity contribution in [2.24, 2.45) is 35.5 Å². The zero-order chi connectivity index (χ0) is 32.8. The third kappa shape index (κ3) is 22.6. The van der Waals surface area contributed by atoms with Crippen LogP contribution in [-0.4, -0.2) is 177 Å². The summed E-state index contributed by atoms with van der Waals surface area (Å²) in [6.45, 7) is 1.93. The van der Waals surface area contributed by atoms with Crippen molar-refractivity contribution < 1.29 is 64.6 Å². The first-order chi connectivity index (χ1) is 21.4. The van der Waals surface area contributed by atoms with Crippen LogP contribution in [0.1, 0.15) is 25.7 Å². The molecular weight excluding hydrogens is 582 g/mol. The standard InChI is InChI=1S/C30H61NO13/c32-6-4-2-1-3-5-31(7-25(17-41-21-27(9-33)10-34)18-42-22-28(11-35)12-36)8-26(19-43-23-29(13-37)14-38)20-44-24-30(15-39)16-40/h6,25-30,33-40H,1-5,7-24H2. The van der Waals surface area contributed by atoms with E-state index >= 15 is 0 Å². The Hall–Kier alpha value is -0.850. The molecule has 0 aromatic carbocycles. The van der Waals surface area contributed by atoms with Crippen LogP contribution in [0, 0.1) is 35.5 Å². The molecule has 0 aliphatic heterocycles. The molecule has 14 nitrogen and oxygen atoms in total. The van der Waals surface area contributed by atoms with Crippen LogP contribution in [0.25, 0.3) is 0 Å². The van der Waals surface area contributed by atoms with Crippen molar-refractivity contribution in [3.05, 3.63) is 0 Å². The zero-order valence-corrected chi connectivity index (χ0v) is 26.4. The maximum Gasteiger partial charge on any atom is 0.119 e. The fourth-order valence-corrected chi connectivity index (χ4v) is 4.29. The van der Waals surface area contributed by atoms with Gasteiger partial charge in [-0.05, 0) is 19.4 Å². The number of aliphatic hydroxyl groups excluding tert-OH is 8. The van der Waals surface area contributed by atoms with Crippen molar-refractivity contribution in [1.29, 1.82) is 0 Å². The van der Waals surface area contributed by atoms with E-state index in [4.69, 9.17) is 18.9 Å². The Morgan fingerprint density at radius 3 is 1.00 bits per heavy atom. The predicted octanol–water partition coefficient (Wildman–Crippen LogP) is -2.25. The number of unbranched alkanes of at least 4 members (excludes halogenated alkanes) is 3. The second-order valence-corrected chi connectivity index (χ2v) is 11.6. The number of hydrogen-bond acceptors (Lipinski definition) is 14. The molecule has 0 aromatic rings. The second-order valence-electron chi connectivity index (χ2n) is 11.6. The summed E-state index contributed by atoms with van der Waals surface area (Å²) in [5, 5.41) is 75.2. The lowest BCUT2D eigenvalue weighted by Crippen LogP contribution is -2.40. The third-order valence-electron chi connectivity index (χ3n) is 7.22. The van der Waals surface area contributed by atoms with E-state index in [0.717, 1.165) is 25.5 Å². The molecule has 0 radical (unpaired) electrons. The maximum atomic E-state index is 10.8. The molecule has 264 valence electrons. The van der Waals surface area contributed by atoms with Crippen LogP contribution in [0.3, 0.4) is 0 Å². The van der Waals surface area contributed by atoms with Crippen molar-refractivity contribution in [3.8, 4) is 0 Å². The molecule has 0 aliphatic rings. The predicted molar refractivity (Wildman–Crippen MR) is 162 cm³/mol. The summed E-state index contributed by atoms with van der Waals surface area (Å²) in [6.07, 6.45) is 3.87. The van der Waals surface area contributed by atoms with Crippen molar-refractivity contribution in [2.75, 3.05) is 125 Å². The summed E-state index contributed by atoms with van der Waals surface area (Å²) in [4.78, 5) is 13.0. The van der Waals surface area contributed by atoms with E-state index in [1.165, 1.54) is 0 Å². The average Bonchev–Trinajstić information content (AvgIpc) is 3.04. The zero-order valence-electron chi connectivity index (χ0n) is 26.4. The van der Waals surface area contributed by atoms with Gasteiger partial charge in [-0.25, -0.2) is 0 Å². The first-order valence-electron chi connectivity index (χ1n) is 15.8. The highest BCUT2D eigenvalue weighted by molar-refractivity contribution is 5.48. The number of carbonyl (C=O) groups excluding carboxylic acids is 1. The minimum Gasteiger partial charge on any atom is -0.396 e. The van der Waals surface area contributed by atoms with Crippen LogP contribution in [-0.2, 0) is 23.7 Å². The van der Waals surface area contributed by atoms with Crippen LogP contribution >= 0.6 is 0 Å². The molecule has 0 amide bonds. The van der Waals surface area contributed by atoms with Crippen molar-refractivity contribution in [1.82, 2.24) is 4.90 Å². The summed E-state index contributed by atoms with van der Waals surface area (Å²) in [7, 11) is 0. The number of hydrogen-bond donors (Lipinski definition) is 8. The van der Waals surface area contributed by atoms with Gasteiger partial charge in [0.25, 0.3) is 0 Å². The van der Waals surface area contributed by atoms with Crippen molar-refractivity contribution in [3.63, 3.8) is 0 Å². The lowest BCUT2D eigenvalue weighted by Gasteiger charge is -2.31. The molecule has 0 unspecified atom stereocenters. The van der Waals surface area contributed by atoms with Gasteiger partial charge in [0.05, 0.1) is 106 Å². The van der Waals surface area contributed by atoms with Gasteiger partial charge < -0.3 is 69.5 Å². The molecule has 8 N–H and O–H groups in total. The molecule has 0 saturated heterocycles. The summed E-state index contributed by atoms with van der Waals surface area (Å²) in [6, 6.07) is 0. The van der Waals surface area contributed by atoms with E-state index in [1.807, 2.05) is 0 Å². The molecule has 0 atom stereocenters. The minimum absolute atomic E-state index is 0.134. The van der Waals surface area contributed by atoms with Gasteiger partial charge in [-0.3, -0.25) is 0 Å². The monoisotopic (exact) mass is 643 g/mol. The van der Waals surface area contributed by atoms with Gasteiger partial charge in [0.1, 0.15) is 6.29 Å². The van der Waals surface area contributed by atoms with Gasteiger partial charge in [-0.2, -0.15) is 0 Å². The Balaban J connectivity index is 5.65. The Bertz CT molecular complexity index is 527. The van der Waals surface area contributed by atoms with Crippen LogP contribution in [0.15, 0.2) is 0 Å². The number of ether oxygens (including phenoxy) is 4. The fraction of sp³-hybridized carbons (Fsp3) is 0.967. The number of nitrogens with zero attached hydrogens (tertiary/aromatic N) is 1. The average molecular weight is 644 g/mol. The van der Waals surface area contributed by atoms with Crippen molar-refractivity contribution in [2.45, 2.75) is 25.7 Å². The smallest absolute Gasteiger partial charge is 0.119 e. The quantitative estimate of drug-likeness (QED) is 0.0274. The highest BCUT2D eigenvalue weighted by Crippen LogP contribution is 2.13. The van der Waals surface area contributed by atoms with E-state index in [2.05, 4.69) is 4.90 Å². The summed E-state index contributed by atoms with van der Waals surface area (Å²) >= 11 is 0. The molecule has 0 fully saturated rings. The molecule has 0 bridgehead atoms. The maximum absolute atomic E-state index is 10.8. The second kappa shape index (κ2) is 30.8. The van der Waals surface area contributed by atoms with Crippen molar-refractivity contribution >= 4 is 6.29 Å². The SMILES string of the molecule is O=CCCCCCN(CC(COCC(CO)CO)COCC(CO)CO)CC(COCC(CO)CO)COCC(CO)CO. The van der Waals surface area contributed by atoms with Gasteiger partial charge in [-0.1, -0.05) is 6.42 Å². The molecule has 0 rings (SSSR count). The number of carbonyl (C=O) groups is 1. The highest BCUT2D eigenvalue weighted by Gasteiger charge is 2.22. The molecule has 0 saturated carbocycles. The first kappa shape index (κ1) is 43.1. The van der Waals surface area contributed by atoms with Gasteiger partial charge >= 0.3 is 0 Å². The Kier molecular flexibility index (Phi) is 30.2. The summed E-state index contributed by atoms with van der Waals surface area (Å²) < 4.78 is 23.3. The number of aldehydes is 1. The van der Waals surface area contributed by atoms with Gasteiger partial charge in [-0.15, -0.1) is 0 Å². The van der Waals surface area contributed by atoms with Crippen LogP contribution in [0.5, 0.6) is 0 Å². The van der Waals surface area contributed by atoms with E-state index < -0.39 is 23.7 Å². The van der Waals surface area contributed by atoms with Gasteiger partial charge in [0.2, 0.25) is 0 Å². The van der Waals surface area contributed by atoms with Crippen LogP contribution in [0.2, 0.25) is 0 Å². The summed E-state index contributed by atoms with van der Waals surface area (Å²) in [5.74, 6) is -1.88. The van der Waals surface area contributed by atoms with Crippen LogP contribution < -0.4 is 0 Å². The third-order valence-corrected chi connectivity index (χ3v) is 7.22. The normalized spacial score (nSPS) is 12.4. The molecule has 0 aromatic heterocycles. The first-order valence-corrected chi connectivity index (χ1v) is 15.8. The van der Waals surface area contributed by atoms with Gasteiger partial charge in [0, 0.05) is 55.0 Å². The topological polar surface area (TPSA) is 219 Å². The fourth-order valence-electron chi connectivity index (χ4n) is 4.29. The molecule has 14 heteroatoms. The lowest BCUT2D eigenvalue weighted by molar-refractivity contribution is -0.107.